The molecule has 3 heterocycles. The third kappa shape index (κ3) is 2.52. The second kappa shape index (κ2) is 6.08. The number of phenols is 1. The number of hydrogen-bond donors (Lipinski definition) is 1. The summed E-state index contributed by atoms with van der Waals surface area (Å²) in [7, 11) is 2.25. The highest BCUT2D eigenvalue weighted by atomic mass is 16.3. The normalized spacial score (nSPS) is 29.7. The Morgan fingerprint density at radius 2 is 2.21 bits per heavy atom. The van der Waals surface area contributed by atoms with Crippen LogP contribution in [0, 0.1) is 5.92 Å². The molecule has 4 atom stereocenters. The molecule has 0 radical (unpaired) electrons. The number of piperidine rings is 1. The van der Waals surface area contributed by atoms with Crippen LogP contribution in [0.4, 0.5) is 0 Å². The van der Waals surface area contributed by atoms with Crippen LogP contribution in [-0.2, 0) is 6.42 Å². The van der Waals surface area contributed by atoms with Crippen LogP contribution in [0.2, 0.25) is 0 Å². The first kappa shape index (κ1) is 16.0. The Balaban J connectivity index is 1.83. The molecule has 1 aromatic heterocycles. The van der Waals surface area contributed by atoms with Crippen LogP contribution in [0.1, 0.15) is 43.9 Å². The molecule has 4 heteroatoms. The maximum absolute atomic E-state index is 9.90. The van der Waals surface area contributed by atoms with Crippen molar-refractivity contribution in [1.29, 1.82) is 0 Å². The Hall–Kier alpha value is -1.52. The monoisotopic (exact) mass is 328 g/mol. The van der Waals surface area contributed by atoms with E-state index in [-0.39, 0.29) is 0 Å². The highest BCUT2D eigenvalue weighted by Gasteiger charge is 2.42. The first-order valence-electron chi connectivity index (χ1n) is 9.27. The molecule has 2 bridgehead atoms. The van der Waals surface area contributed by atoms with Gasteiger partial charge in [0, 0.05) is 30.0 Å². The molecule has 3 unspecified atom stereocenters. The van der Waals surface area contributed by atoms with E-state index in [9.17, 15) is 5.11 Å². The molecule has 0 saturated carbocycles. The number of fused-ring (bicyclic) bond motifs is 6. The molecule has 1 aromatic carbocycles. The maximum Gasteiger partial charge on any atom is 0.134 e. The van der Waals surface area contributed by atoms with Gasteiger partial charge in [0.05, 0.1) is 6.17 Å². The topological polar surface area (TPSA) is 39.9 Å². The molecule has 24 heavy (non-hydrogen) atoms. The van der Waals surface area contributed by atoms with E-state index in [1.54, 1.807) is 6.07 Å². The third-order valence-electron chi connectivity index (χ3n) is 5.76. The van der Waals surface area contributed by atoms with Gasteiger partial charge in [0.25, 0.3) is 0 Å². The van der Waals surface area contributed by atoms with E-state index in [2.05, 4.69) is 30.7 Å². The number of benzene rings is 1. The fourth-order valence-corrected chi connectivity index (χ4v) is 4.90. The fraction of sp³-hybridized carbons (Fsp3) is 0.600. The van der Waals surface area contributed by atoms with Crippen LogP contribution in [-0.4, -0.2) is 47.8 Å². The van der Waals surface area contributed by atoms with Gasteiger partial charge in [-0.05, 0) is 57.0 Å². The molecule has 0 aliphatic carbocycles. The van der Waals surface area contributed by atoms with Gasteiger partial charge in [-0.2, -0.15) is 0 Å². The predicted molar refractivity (Wildman–Crippen MR) is 96.4 cm³/mol. The molecule has 0 spiro atoms. The van der Waals surface area contributed by atoms with Crippen molar-refractivity contribution >= 4 is 11.0 Å². The molecule has 2 aliphatic rings. The zero-order valence-corrected chi connectivity index (χ0v) is 15.0. The lowest BCUT2D eigenvalue weighted by Gasteiger charge is -2.46. The SMILES string of the molecule is CCCN(C)C1C2C[C@H](C)CN1CCc1c2oc2ccc(O)cc12. The fourth-order valence-electron chi connectivity index (χ4n) is 4.90. The summed E-state index contributed by atoms with van der Waals surface area (Å²) in [4.78, 5) is 5.16. The smallest absolute Gasteiger partial charge is 0.134 e. The van der Waals surface area contributed by atoms with E-state index in [0.29, 0.717) is 23.8 Å². The maximum atomic E-state index is 9.90. The minimum Gasteiger partial charge on any atom is -0.508 e. The van der Waals surface area contributed by atoms with Crippen molar-refractivity contribution in [3.63, 3.8) is 0 Å². The van der Waals surface area contributed by atoms with Crippen LogP contribution in [0.15, 0.2) is 22.6 Å². The zero-order valence-electron chi connectivity index (χ0n) is 15.0. The van der Waals surface area contributed by atoms with Gasteiger partial charge in [0.15, 0.2) is 0 Å². The number of aromatic hydroxyl groups is 1. The molecule has 4 nitrogen and oxygen atoms in total. The standard InChI is InChI=1S/C20H28N2O2/c1-4-8-21(3)20-17-10-13(2)12-22(20)9-7-15-16-11-14(23)5-6-18(16)24-19(15)17/h5-6,11,13,17,20,23H,4,7-10,12H2,1-3H3/t13-,17?,20?/m0/s1. The summed E-state index contributed by atoms with van der Waals surface area (Å²) in [6.45, 7) is 7.95. The van der Waals surface area contributed by atoms with Crippen molar-refractivity contribution < 1.29 is 9.52 Å². The second-order valence-corrected chi connectivity index (χ2v) is 7.71. The largest absolute Gasteiger partial charge is 0.508 e. The predicted octanol–water partition coefficient (Wildman–Crippen LogP) is 3.79. The molecule has 130 valence electrons. The molecular weight excluding hydrogens is 300 g/mol. The lowest BCUT2D eigenvalue weighted by molar-refractivity contribution is -0.00555. The number of nitrogens with zero attached hydrogens (tertiary/aromatic N) is 2. The molecule has 0 amide bonds. The second-order valence-electron chi connectivity index (χ2n) is 7.71. The minimum atomic E-state index is 0.326. The van der Waals surface area contributed by atoms with E-state index in [4.69, 9.17) is 4.42 Å². The van der Waals surface area contributed by atoms with Crippen molar-refractivity contribution in [3.8, 4) is 5.75 Å². The van der Waals surface area contributed by atoms with Gasteiger partial charge in [-0.3, -0.25) is 9.80 Å². The third-order valence-corrected chi connectivity index (χ3v) is 5.76. The van der Waals surface area contributed by atoms with Gasteiger partial charge in [-0.25, -0.2) is 0 Å². The van der Waals surface area contributed by atoms with E-state index in [0.717, 1.165) is 36.2 Å². The summed E-state index contributed by atoms with van der Waals surface area (Å²) in [6.07, 6.45) is 3.78. The Labute approximate surface area is 144 Å². The van der Waals surface area contributed by atoms with Gasteiger partial charge in [-0.15, -0.1) is 0 Å². The summed E-state index contributed by atoms with van der Waals surface area (Å²) < 4.78 is 6.35. The lowest BCUT2D eigenvalue weighted by atomic mass is 9.85. The zero-order chi connectivity index (χ0) is 16.8. The summed E-state index contributed by atoms with van der Waals surface area (Å²) in [5.74, 6) is 2.59. The Morgan fingerprint density at radius 1 is 1.38 bits per heavy atom. The highest BCUT2D eigenvalue weighted by Crippen LogP contribution is 2.44. The quantitative estimate of drug-likeness (QED) is 0.930. The molecule has 2 aromatic rings. The number of furan rings is 1. The summed E-state index contributed by atoms with van der Waals surface area (Å²) in [5.41, 5.74) is 2.23. The molecule has 4 rings (SSSR count). The van der Waals surface area contributed by atoms with E-state index < -0.39 is 0 Å². The molecule has 1 N–H and O–H groups in total. The first-order valence-corrected chi connectivity index (χ1v) is 9.27. The number of likely N-dealkylation sites (N-methyl/N-ethyl adjacent to an activating group) is 1. The van der Waals surface area contributed by atoms with Gasteiger partial charge in [0.1, 0.15) is 17.1 Å². The lowest BCUT2D eigenvalue weighted by Crippen LogP contribution is -2.54. The average molecular weight is 328 g/mol. The summed E-state index contributed by atoms with van der Waals surface area (Å²) in [5, 5.41) is 11.0. The highest BCUT2D eigenvalue weighted by molar-refractivity contribution is 5.84. The minimum absolute atomic E-state index is 0.326. The van der Waals surface area contributed by atoms with Crippen molar-refractivity contribution in [2.75, 3.05) is 26.7 Å². The average Bonchev–Trinajstić information content (AvgIpc) is 2.85. The molecule has 1 fully saturated rings. The Bertz CT molecular complexity index is 739. The van der Waals surface area contributed by atoms with Crippen LogP contribution < -0.4 is 0 Å². The van der Waals surface area contributed by atoms with Crippen LogP contribution in [0.3, 0.4) is 0 Å². The van der Waals surface area contributed by atoms with Crippen molar-refractivity contribution in [2.24, 2.45) is 5.92 Å². The first-order chi connectivity index (χ1) is 11.6. The van der Waals surface area contributed by atoms with Gasteiger partial charge < -0.3 is 9.52 Å². The van der Waals surface area contributed by atoms with Crippen molar-refractivity contribution in [1.82, 2.24) is 9.80 Å². The Morgan fingerprint density at radius 3 is 3.00 bits per heavy atom. The van der Waals surface area contributed by atoms with Gasteiger partial charge >= 0.3 is 0 Å². The van der Waals surface area contributed by atoms with Crippen molar-refractivity contribution in [3.05, 3.63) is 29.5 Å². The van der Waals surface area contributed by atoms with Gasteiger partial charge in [0.2, 0.25) is 0 Å². The number of phenolic OH excluding ortho intramolecular Hbond substituents is 1. The van der Waals surface area contributed by atoms with Crippen molar-refractivity contribution in [2.45, 2.75) is 45.2 Å². The van der Waals surface area contributed by atoms with Crippen LogP contribution >= 0.6 is 0 Å². The Kier molecular flexibility index (Phi) is 4.05. The molecule has 1 saturated heterocycles. The van der Waals surface area contributed by atoms with Crippen LogP contribution in [0.25, 0.3) is 11.0 Å². The van der Waals surface area contributed by atoms with E-state index in [1.807, 2.05) is 12.1 Å². The number of rotatable bonds is 3. The van der Waals surface area contributed by atoms with Gasteiger partial charge in [-0.1, -0.05) is 13.8 Å². The number of hydrogen-bond acceptors (Lipinski definition) is 4. The van der Waals surface area contributed by atoms with E-state index in [1.165, 1.54) is 24.9 Å². The molecule has 2 aliphatic heterocycles. The summed E-state index contributed by atoms with van der Waals surface area (Å²) >= 11 is 0. The van der Waals surface area contributed by atoms with Crippen LogP contribution in [0.5, 0.6) is 5.75 Å². The molecular formula is C20H28N2O2. The van der Waals surface area contributed by atoms with E-state index >= 15 is 0 Å². The summed E-state index contributed by atoms with van der Waals surface area (Å²) in [6, 6.07) is 5.51.